The lowest BCUT2D eigenvalue weighted by atomic mass is 9.97. The molecular weight excluding hydrogens is 246 g/mol. The van der Waals surface area contributed by atoms with Gasteiger partial charge in [0, 0.05) is 32.6 Å². The van der Waals surface area contributed by atoms with E-state index in [4.69, 9.17) is 5.11 Å². The van der Waals surface area contributed by atoms with Gasteiger partial charge in [0.25, 0.3) is 0 Å². The van der Waals surface area contributed by atoms with E-state index in [0.29, 0.717) is 18.9 Å². The zero-order valence-corrected chi connectivity index (χ0v) is 11.9. The van der Waals surface area contributed by atoms with E-state index in [1.54, 1.807) is 0 Å². The lowest BCUT2D eigenvalue weighted by Crippen LogP contribution is -2.45. The van der Waals surface area contributed by atoms with Gasteiger partial charge in [-0.3, -0.25) is 4.79 Å². The van der Waals surface area contributed by atoms with Gasteiger partial charge >= 0.3 is 12.0 Å². The zero-order chi connectivity index (χ0) is 14.3. The number of likely N-dealkylation sites (tertiary alicyclic amines) is 1. The van der Waals surface area contributed by atoms with Gasteiger partial charge in [0.2, 0.25) is 0 Å². The van der Waals surface area contributed by atoms with Crippen LogP contribution in [-0.2, 0) is 4.79 Å². The van der Waals surface area contributed by atoms with E-state index < -0.39 is 5.97 Å². The maximum absolute atomic E-state index is 11.8. The standard InChI is InChI=1S/C13H25N3O3/c1-15(2)10-11-5-8-16(9-6-11)13(19)14-7-3-4-12(17)18/h11H,3-10H2,1-2H3,(H,14,19)(H,17,18). The summed E-state index contributed by atoms with van der Waals surface area (Å²) in [6.45, 7) is 3.10. The van der Waals surface area contributed by atoms with Crippen LogP contribution in [0.3, 0.4) is 0 Å². The molecule has 0 aromatic carbocycles. The minimum absolute atomic E-state index is 0.0614. The van der Waals surface area contributed by atoms with Crippen LogP contribution in [0.1, 0.15) is 25.7 Å². The van der Waals surface area contributed by atoms with Crippen LogP contribution in [0, 0.1) is 5.92 Å². The van der Waals surface area contributed by atoms with E-state index in [0.717, 1.165) is 32.5 Å². The average molecular weight is 271 g/mol. The first-order chi connectivity index (χ1) is 8.99. The molecule has 0 atom stereocenters. The highest BCUT2D eigenvalue weighted by Crippen LogP contribution is 2.17. The summed E-state index contributed by atoms with van der Waals surface area (Å²) in [5.41, 5.74) is 0. The Hall–Kier alpha value is -1.30. The van der Waals surface area contributed by atoms with Crippen LogP contribution in [0.25, 0.3) is 0 Å². The lowest BCUT2D eigenvalue weighted by molar-refractivity contribution is -0.137. The fraction of sp³-hybridized carbons (Fsp3) is 0.846. The molecule has 0 spiro atoms. The van der Waals surface area contributed by atoms with Crippen molar-refractivity contribution in [3.8, 4) is 0 Å². The topological polar surface area (TPSA) is 72.9 Å². The molecule has 1 fully saturated rings. The van der Waals surface area contributed by atoms with Crippen molar-refractivity contribution in [3.05, 3.63) is 0 Å². The summed E-state index contributed by atoms with van der Waals surface area (Å²) in [6.07, 6.45) is 2.67. The predicted octanol–water partition coefficient (Wildman–Crippen LogP) is 0.834. The number of hydrogen-bond acceptors (Lipinski definition) is 3. The molecule has 110 valence electrons. The second kappa shape index (κ2) is 7.99. The van der Waals surface area contributed by atoms with Crippen molar-refractivity contribution in [1.82, 2.24) is 15.1 Å². The fourth-order valence-electron chi connectivity index (χ4n) is 2.38. The minimum atomic E-state index is -0.821. The molecule has 1 aliphatic rings. The average Bonchev–Trinajstić information content (AvgIpc) is 2.34. The highest BCUT2D eigenvalue weighted by Gasteiger charge is 2.22. The molecule has 1 heterocycles. The first-order valence-corrected chi connectivity index (χ1v) is 6.88. The van der Waals surface area contributed by atoms with E-state index >= 15 is 0 Å². The van der Waals surface area contributed by atoms with Gasteiger partial charge in [-0.15, -0.1) is 0 Å². The molecule has 0 bridgehead atoms. The molecule has 6 heteroatoms. The third-order valence-electron chi connectivity index (χ3n) is 3.37. The second-order valence-corrected chi connectivity index (χ2v) is 5.42. The molecule has 2 N–H and O–H groups in total. The van der Waals surface area contributed by atoms with Crippen LogP contribution in [0.15, 0.2) is 0 Å². The number of nitrogens with zero attached hydrogens (tertiary/aromatic N) is 2. The van der Waals surface area contributed by atoms with E-state index in [-0.39, 0.29) is 12.5 Å². The van der Waals surface area contributed by atoms with Crippen LogP contribution in [0.4, 0.5) is 4.79 Å². The van der Waals surface area contributed by atoms with Crippen molar-refractivity contribution in [2.45, 2.75) is 25.7 Å². The Kier molecular flexibility index (Phi) is 6.62. The van der Waals surface area contributed by atoms with Crippen molar-refractivity contribution < 1.29 is 14.7 Å². The summed E-state index contributed by atoms with van der Waals surface area (Å²) < 4.78 is 0. The number of carboxylic acids is 1. The third-order valence-corrected chi connectivity index (χ3v) is 3.37. The summed E-state index contributed by atoms with van der Waals surface area (Å²) in [7, 11) is 4.14. The quantitative estimate of drug-likeness (QED) is 0.702. The molecule has 0 unspecified atom stereocenters. The fourth-order valence-corrected chi connectivity index (χ4v) is 2.38. The Bertz CT molecular complexity index is 300. The number of aliphatic carboxylic acids is 1. The van der Waals surface area contributed by atoms with Gasteiger partial charge in [-0.1, -0.05) is 0 Å². The number of urea groups is 1. The molecule has 2 amide bonds. The van der Waals surface area contributed by atoms with Crippen LogP contribution < -0.4 is 5.32 Å². The van der Waals surface area contributed by atoms with Gasteiger partial charge in [-0.25, -0.2) is 4.79 Å². The Morgan fingerprint density at radius 3 is 2.47 bits per heavy atom. The number of hydrogen-bond donors (Lipinski definition) is 2. The number of carbonyl (C=O) groups is 2. The molecule has 6 nitrogen and oxygen atoms in total. The Morgan fingerprint density at radius 2 is 1.95 bits per heavy atom. The molecule has 1 saturated heterocycles. The number of carboxylic acid groups (broad SMARTS) is 1. The predicted molar refractivity (Wildman–Crippen MR) is 73.1 cm³/mol. The third kappa shape index (κ3) is 6.42. The summed E-state index contributed by atoms with van der Waals surface area (Å²) >= 11 is 0. The van der Waals surface area contributed by atoms with Crippen molar-refractivity contribution in [2.75, 3.05) is 40.3 Å². The van der Waals surface area contributed by atoms with Crippen molar-refractivity contribution in [1.29, 1.82) is 0 Å². The number of amides is 2. The van der Waals surface area contributed by atoms with Gasteiger partial charge in [0.1, 0.15) is 0 Å². The first kappa shape index (κ1) is 15.8. The van der Waals surface area contributed by atoms with Crippen molar-refractivity contribution in [3.63, 3.8) is 0 Å². The molecule has 19 heavy (non-hydrogen) atoms. The number of nitrogens with one attached hydrogen (secondary N) is 1. The second-order valence-electron chi connectivity index (χ2n) is 5.42. The van der Waals surface area contributed by atoms with Gasteiger partial charge < -0.3 is 20.2 Å². The Balaban J connectivity index is 2.16. The summed E-state index contributed by atoms with van der Waals surface area (Å²) in [5.74, 6) is -0.148. The first-order valence-electron chi connectivity index (χ1n) is 6.88. The zero-order valence-electron chi connectivity index (χ0n) is 11.9. The van der Waals surface area contributed by atoms with Crippen molar-refractivity contribution in [2.24, 2.45) is 5.92 Å². The van der Waals surface area contributed by atoms with Crippen LogP contribution >= 0.6 is 0 Å². The van der Waals surface area contributed by atoms with E-state index in [1.165, 1.54) is 0 Å². The maximum Gasteiger partial charge on any atom is 0.317 e. The molecular formula is C13H25N3O3. The normalized spacial score (nSPS) is 16.7. The Morgan fingerprint density at radius 1 is 1.32 bits per heavy atom. The highest BCUT2D eigenvalue weighted by molar-refractivity contribution is 5.74. The molecule has 1 rings (SSSR count). The Labute approximate surface area is 114 Å². The number of rotatable bonds is 6. The minimum Gasteiger partial charge on any atom is -0.481 e. The SMILES string of the molecule is CN(C)CC1CCN(C(=O)NCCCC(=O)O)CC1. The van der Waals surface area contributed by atoms with Crippen LogP contribution in [0.2, 0.25) is 0 Å². The van der Waals surface area contributed by atoms with Gasteiger partial charge in [-0.05, 0) is 39.3 Å². The molecule has 0 aromatic heterocycles. The van der Waals surface area contributed by atoms with Crippen LogP contribution in [-0.4, -0.2) is 67.2 Å². The van der Waals surface area contributed by atoms with Crippen LogP contribution in [0.5, 0.6) is 0 Å². The monoisotopic (exact) mass is 271 g/mol. The molecule has 0 saturated carbocycles. The molecule has 0 aliphatic carbocycles. The summed E-state index contributed by atoms with van der Waals surface area (Å²) in [5, 5.41) is 11.3. The summed E-state index contributed by atoms with van der Waals surface area (Å²) in [6, 6.07) is -0.0614. The lowest BCUT2D eigenvalue weighted by Gasteiger charge is -2.33. The highest BCUT2D eigenvalue weighted by atomic mass is 16.4. The van der Waals surface area contributed by atoms with E-state index in [2.05, 4.69) is 24.3 Å². The smallest absolute Gasteiger partial charge is 0.317 e. The largest absolute Gasteiger partial charge is 0.481 e. The maximum atomic E-state index is 11.8. The van der Waals surface area contributed by atoms with Gasteiger partial charge in [0.05, 0.1) is 0 Å². The van der Waals surface area contributed by atoms with Gasteiger partial charge in [0.15, 0.2) is 0 Å². The summed E-state index contributed by atoms with van der Waals surface area (Å²) in [4.78, 5) is 26.2. The van der Waals surface area contributed by atoms with Crippen molar-refractivity contribution >= 4 is 12.0 Å². The molecule has 0 radical (unpaired) electrons. The molecule has 0 aromatic rings. The van der Waals surface area contributed by atoms with E-state index in [1.807, 2.05) is 4.90 Å². The van der Waals surface area contributed by atoms with Gasteiger partial charge in [-0.2, -0.15) is 0 Å². The van der Waals surface area contributed by atoms with E-state index in [9.17, 15) is 9.59 Å². The number of carbonyl (C=O) groups excluding carboxylic acids is 1. The number of piperidine rings is 1. The molecule has 1 aliphatic heterocycles.